The molecule has 0 saturated heterocycles. The van der Waals surface area contributed by atoms with Crippen LogP contribution in [0, 0.1) is 5.82 Å². The molecule has 0 saturated carbocycles. The van der Waals surface area contributed by atoms with E-state index in [1.54, 1.807) is 23.9 Å². The van der Waals surface area contributed by atoms with E-state index in [2.05, 4.69) is 21.2 Å². The van der Waals surface area contributed by atoms with Crippen LogP contribution in [0.15, 0.2) is 22.7 Å². The first-order chi connectivity index (χ1) is 8.24. The molecular formula is C12H17BrFNOS. The average molecular weight is 322 g/mol. The smallest absolute Gasteiger partial charge is 0.127 e. The van der Waals surface area contributed by atoms with E-state index in [1.807, 2.05) is 0 Å². The molecule has 0 aliphatic rings. The van der Waals surface area contributed by atoms with E-state index in [0.717, 1.165) is 28.9 Å². The van der Waals surface area contributed by atoms with Crippen LogP contribution in [-0.2, 0) is 6.54 Å². The number of hydrogen-bond donors (Lipinski definition) is 2. The lowest BCUT2D eigenvalue weighted by Gasteiger charge is -2.06. The second-order valence-corrected chi connectivity index (χ2v) is 5.74. The number of thioether (sulfide) groups is 1. The minimum absolute atomic E-state index is 0.173. The molecule has 1 rings (SSSR count). The fourth-order valence-corrected chi connectivity index (χ4v) is 2.55. The molecule has 2 nitrogen and oxygen atoms in total. The Morgan fingerprint density at radius 3 is 2.94 bits per heavy atom. The van der Waals surface area contributed by atoms with Gasteiger partial charge in [-0.3, -0.25) is 0 Å². The van der Waals surface area contributed by atoms with Crippen LogP contribution >= 0.6 is 27.7 Å². The summed E-state index contributed by atoms with van der Waals surface area (Å²) in [5.74, 6) is 1.78. The summed E-state index contributed by atoms with van der Waals surface area (Å²) in [6.45, 7) is 1.65. The van der Waals surface area contributed by atoms with Crippen LogP contribution in [0.3, 0.4) is 0 Å². The topological polar surface area (TPSA) is 32.3 Å². The van der Waals surface area contributed by atoms with Gasteiger partial charge in [0.05, 0.1) is 0 Å². The number of benzene rings is 1. The van der Waals surface area contributed by atoms with Crippen molar-refractivity contribution in [1.29, 1.82) is 0 Å². The maximum atomic E-state index is 13.4. The number of halogens is 2. The van der Waals surface area contributed by atoms with Gasteiger partial charge in [0, 0.05) is 35.5 Å². The molecule has 0 amide bonds. The predicted molar refractivity (Wildman–Crippen MR) is 74.8 cm³/mol. The van der Waals surface area contributed by atoms with Crippen LogP contribution in [0.4, 0.5) is 4.39 Å². The summed E-state index contributed by atoms with van der Waals surface area (Å²) in [4.78, 5) is 0. The zero-order valence-corrected chi connectivity index (χ0v) is 12.0. The Balaban J connectivity index is 2.15. The van der Waals surface area contributed by atoms with E-state index in [0.29, 0.717) is 12.1 Å². The molecule has 0 radical (unpaired) electrons. The largest absolute Gasteiger partial charge is 0.396 e. The van der Waals surface area contributed by atoms with Crippen LogP contribution < -0.4 is 5.32 Å². The van der Waals surface area contributed by atoms with Crippen molar-refractivity contribution < 1.29 is 9.50 Å². The summed E-state index contributed by atoms with van der Waals surface area (Å²) < 4.78 is 14.2. The van der Waals surface area contributed by atoms with E-state index in [1.165, 1.54) is 6.07 Å². The van der Waals surface area contributed by atoms with Gasteiger partial charge in [0.15, 0.2) is 0 Å². The van der Waals surface area contributed by atoms with Gasteiger partial charge in [-0.05, 0) is 30.4 Å². The lowest BCUT2D eigenvalue weighted by molar-refractivity contribution is 0.296. The van der Waals surface area contributed by atoms with Gasteiger partial charge in [-0.25, -0.2) is 4.39 Å². The quantitative estimate of drug-likeness (QED) is 0.722. The number of nitrogens with one attached hydrogen (secondary N) is 1. The van der Waals surface area contributed by atoms with Crippen molar-refractivity contribution in [3.05, 3.63) is 34.1 Å². The number of rotatable bonds is 8. The highest BCUT2D eigenvalue weighted by atomic mass is 79.9. The first-order valence-electron chi connectivity index (χ1n) is 5.57. The Hall–Kier alpha value is -0.100. The minimum Gasteiger partial charge on any atom is -0.396 e. The molecule has 0 unspecified atom stereocenters. The second kappa shape index (κ2) is 8.91. The molecule has 5 heteroatoms. The Bertz CT molecular complexity index is 338. The van der Waals surface area contributed by atoms with Gasteiger partial charge in [-0.2, -0.15) is 11.8 Å². The van der Waals surface area contributed by atoms with E-state index in [4.69, 9.17) is 5.11 Å². The molecular weight excluding hydrogens is 305 g/mol. The highest BCUT2D eigenvalue weighted by Crippen LogP contribution is 2.15. The molecule has 0 aliphatic heterocycles. The van der Waals surface area contributed by atoms with Crippen LogP contribution in [-0.4, -0.2) is 29.8 Å². The number of aliphatic hydroxyl groups is 1. The molecule has 0 spiro atoms. The summed E-state index contributed by atoms with van der Waals surface area (Å²) in [7, 11) is 0. The monoisotopic (exact) mass is 321 g/mol. The molecule has 0 aromatic heterocycles. The third kappa shape index (κ3) is 6.41. The highest BCUT2D eigenvalue weighted by Gasteiger charge is 2.01. The second-order valence-electron chi connectivity index (χ2n) is 3.60. The lowest BCUT2D eigenvalue weighted by atomic mass is 10.2. The summed E-state index contributed by atoms with van der Waals surface area (Å²) >= 11 is 5.12. The Kier molecular flexibility index (Phi) is 7.84. The first kappa shape index (κ1) is 15.0. The SMILES string of the molecule is OCCCSCCNCc1cc(Br)ccc1F. The van der Waals surface area contributed by atoms with Gasteiger partial charge < -0.3 is 10.4 Å². The molecule has 17 heavy (non-hydrogen) atoms. The van der Waals surface area contributed by atoms with Gasteiger partial charge in [0.2, 0.25) is 0 Å². The Morgan fingerprint density at radius 2 is 2.18 bits per heavy atom. The van der Waals surface area contributed by atoms with Crippen molar-refractivity contribution in [3.8, 4) is 0 Å². The third-order valence-electron chi connectivity index (χ3n) is 2.19. The first-order valence-corrected chi connectivity index (χ1v) is 7.52. The Labute approximate surface area is 114 Å². The van der Waals surface area contributed by atoms with E-state index in [-0.39, 0.29) is 12.4 Å². The fraction of sp³-hybridized carbons (Fsp3) is 0.500. The standard InChI is InChI=1S/C12H17BrFNOS/c13-11-2-3-12(14)10(8-11)9-15-4-7-17-6-1-5-16/h2-3,8,15-16H,1,4-7,9H2. The normalized spacial score (nSPS) is 10.8. The van der Waals surface area contributed by atoms with Gasteiger partial charge >= 0.3 is 0 Å². The maximum Gasteiger partial charge on any atom is 0.127 e. The van der Waals surface area contributed by atoms with Crippen molar-refractivity contribution >= 4 is 27.7 Å². The number of hydrogen-bond acceptors (Lipinski definition) is 3. The molecule has 0 fully saturated rings. The van der Waals surface area contributed by atoms with Gasteiger partial charge in [0.1, 0.15) is 5.82 Å². The van der Waals surface area contributed by atoms with E-state index >= 15 is 0 Å². The molecule has 96 valence electrons. The lowest BCUT2D eigenvalue weighted by Crippen LogP contribution is -2.17. The van der Waals surface area contributed by atoms with E-state index in [9.17, 15) is 4.39 Å². The van der Waals surface area contributed by atoms with Crippen LogP contribution in [0.2, 0.25) is 0 Å². The molecule has 0 heterocycles. The average Bonchev–Trinajstić information content (AvgIpc) is 2.32. The van der Waals surface area contributed by atoms with Gasteiger partial charge in [0.25, 0.3) is 0 Å². The molecule has 0 atom stereocenters. The van der Waals surface area contributed by atoms with Crippen LogP contribution in [0.5, 0.6) is 0 Å². The minimum atomic E-state index is -0.173. The van der Waals surface area contributed by atoms with Crippen molar-refractivity contribution in [3.63, 3.8) is 0 Å². The van der Waals surface area contributed by atoms with Crippen molar-refractivity contribution in [2.45, 2.75) is 13.0 Å². The van der Waals surface area contributed by atoms with Crippen LogP contribution in [0.25, 0.3) is 0 Å². The molecule has 1 aromatic carbocycles. The van der Waals surface area contributed by atoms with Crippen molar-refractivity contribution in [1.82, 2.24) is 5.32 Å². The summed E-state index contributed by atoms with van der Waals surface area (Å²) in [6.07, 6.45) is 0.838. The van der Waals surface area contributed by atoms with Crippen molar-refractivity contribution in [2.24, 2.45) is 0 Å². The predicted octanol–water partition coefficient (Wildman–Crippen LogP) is 2.79. The molecule has 0 bridgehead atoms. The molecule has 1 aromatic rings. The Morgan fingerprint density at radius 1 is 1.35 bits per heavy atom. The summed E-state index contributed by atoms with van der Waals surface area (Å²) in [6, 6.07) is 4.96. The fourth-order valence-electron chi connectivity index (χ4n) is 1.31. The molecule has 0 aliphatic carbocycles. The molecule has 2 N–H and O–H groups in total. The number of aliphatic hydroxyl groups excluding tert-OH is 1. The summed E-state index contributed by atoms with van der Waals surface area (Å²) in [5.41, 5.74) is 0.680. The van der Waals surface area contributed by atoms with Crippen LogP contribution in [0.1, 0.15) is 12.0 Å². The van der Waals surface area contributed by atoms with Gasteiger partial charge in [-0.15, -0.1) is 0 Å². The zero-order valence-electron chi connectivity index (χ0n) is 9.59. The third-order valence-corrected chi connectivity index (χ3v) is 3.76. The maximum absolute atomic E-state index is 13.4. The summed E-state index contributed by atoms with van der Waals surface area (Å²) in [5, 5.41) is 11.8. The van der Waals surface area contributed by atoms with Crippen molar-refractivity contribution in [2.75, 3.05) is 24.7 Å². The highest BCUT2D eigenvalue weighted by molar-refractivity contribution is 9.10. The zero-order chi connectivity index (χ0) is 12.5. The van der Waals surface area contributed by atoms with Gasteiger partial charge in [-0.1, -0.05) is 15.9 Å². The van der Waals surface area contributed by atoms with E-state index < -0.39 is 0 Å².